The molecule has 0 atom stereocenters. The number of nitrogens with one attached hydrogen (secondary N) is 1. The summed E-state index contributed by atoms with van der Waals surface area (Å²) < 4.78 is 56.4. The van der Waals surface area contributed by atoms with Gasteiger partial charge in [-0.3, -0.25) is 4.72 Å². The molecule has 0 aliphatic rings. The Morgan fingerprint density at radius 3 is 2.19 bits per heavy atom. The monoisotopic (exact) mass is 427 g/mol. The van der Waals surface area contributed by atoms with Crippen LogP contribution in [0.15, 0.2) is 44.6 Å². The van der Waals surface area contributed by atoms with Gasteiger partial charge in [0, 0.05) is 21.5 Å². The predicted molar refractivity (Wildman–Crippen MR) is 103 cm³/mol. The predicted octanol–water partition coefficient (Wildman–Crippen LogP) is 2.78. The molecule has 144 valence electrons. The number of aromatic nitrogens is 1. The van der Waals surface area contributed by atoms with E-state index in [9.17, 15) is 16.8 Å². The maximum absolute atomic E-state index is 13.0. The third-order valence-electron chi connectivity index (χ3n) is 3.78. The van der Waals surface area contributed by atoms with Gasteiger partial charge in [-0.2, -0.15) is 0 Å². The van der Waals surface area contributed by atoms with Crippen molar-refractivity contribution in [1.29, 1.82) is 0 Å². The number of anilines is 1. The van der Waals surface area contributed by atoms with E-state index < -0.39 is 20.0 Å². The first-order chi connectivity index (χ1) is 12.5. The van der Waals surface area contributed by atoms with Gasteiger partial charge >= 0.3 is 0 Å². The van der Waals surface area contributed by atoms with E-state index in [-0.39, 0.29) is 15.5 Å². The average molecular weight is 428 g/mol. The molecule has 2 aromatic heterocycles. The number of hydrogen-bond donors (Lipinski definition) is 2. The van der Waals surface area contributed by atoms with Crippen LogP contribution in [0.3, 0.4) is 0 Å². The van der Waals surface area contributed by atoms with Crippen molar-refractivity contribution in [3.63, 3.8) is 0 Å². The number of sulfonamides is 2. The van der Waals surface area contributed by atoms with Gasteiger partial charge in [0.15, 0.2) is 5.76 Å². The van der Waals surface area contributed by atoms with Crippen LogP contribution in [0.25, 0.3) is 11.3 Å². The molecule has 0 saturated heterocycles. The summed E-state index contributed by atoms with van der Waals surface area (Å²) in [5.74, 6) is 0.374. The van der Waals surface area contributed by atoms with E-state index >= 15 is 0 Å². The molecule has 0 bridgehead atoms. The van der Waals surface area contributed by atoms with Gasteiger partial charge in [0.05, 0.1) is 16.2 Å². The van der Waals surface area contributed by atoms with E-state index in [1.165, 1.54) is 35.6 Å². The first-order valence-electron chi connectivity index (χ1n) is 7.68. The molecule has 0 aliphatic carbocycles. The summed E-state index contributed by atoms with van der Waals surface area (Å²) in [6.45, 7) is 5.27. The van der Waals surface area contributed by atoms with Crippen molar-refractivity contribution < 1.29 is 21.4 Å². The minimum Gasteiger partial charge on any atom is -0.356 e. The number of primary sulfonamides is 1. The minimum atomic E-state index is -3.95. The van der Waals surface area contributed by atoms with Crippen LogP contribution in [0.2, 0.25) is 0 Å². The van der Waals surface area contributed by atoms with Crippen LogP contribution in [-0.2, 0) is 20.0 Å². The SMILES string of the molecule is Cc1cc(-c2c(C)sc(C)c2S(=O)(=O)Nc2ccc(S(N)(=O)=O)cc2)on1. The second-order valence-electron chi connectivity index (χ2n) is 5.93. The highest BCUT2D eigenvalue weighted by atomic mass is 32.2. The molecule has 1 aromatic carbocycles. The summed E-state index contributed by atoms with van der Waals surface area (Å²) >= 11 is 1.34. The zero-order chi connectivity index (χ0) is 20.0. The average Bonchev–Trinajstić information content (AvgIpc) is 3.09. The van der Waals surface area contributed by atoms with Gasteiger partial charge in [0.2, 0.25) is 10.0 Å². The Hall–Kier alpha value is -2.21. The third-order valence-corrected chi connectivity index (χ3v) is 7.41. The maximum atomic E-state index is 13.0. The first-order valence-corrected chi connectivity index (χ1v) is 11.5. The summed E-state index contributed by atoms with van der Waals surface area (Å²) in [7, 11) is -7.80. The molecule has 0 aliphatic heterocycles. The molecule has 0 radical (unpaired) electrons. The molecule has 11 heteroatoms. The molecule has 2 heterocycles. The van der Waals surface area contributed by atoms with Crippen LogP contribution in [0.1, 0.15) is 15.4 Å². The van der Waals surface area contributed by atoms with E-state index in [4.69, 9.17) is 9.66 Å². The van der Waals surface area contributed by atoms with Crippen molar-refractivity contribution in [3.8, 4) is 11.3 Å². The Morgan fingerprint density at radius 2 is 1.67 bits per heavy atom. The maximum Gasteiger partial charge on any atom is 0.263 e. The zero-order valence-corrected chi connectivity index (χ0v) is 17.1. The van der Waals surface area contributed by atoms with Crippen LogP contribution < -0.4 is 9.86 Å². The highest BCUT2D eigenvalue weighted by Gasteiger charge is 2.28. The minimum absolute atomic E-state index is 0.106. The Kier molecular flexibility index (Phi) is 4.89. The Balaban J connectivity index is 2.03. The fourth-order valence-corrected chi connectivity index (χ4v) is 6.11. The molecule has 0 amide bonds. The van der Waals surface area contributed by atoms with Gasteiger partial charge in [-0.1, -0.05) is 5.16 Å². The highest BCUT2D eigenvalue weighted by molar-refractivity contribution is 7.93. The fourth-order valence-electron chi connectivity index (χ4n) is 2.67. The fraction of sp³-hybridized carbons (Fsp3) is 0.188. The van der Waals surface area contributed by atoms with E-state index in [2.05, 4.69) is 9.88 Å². The van der Waals surface area contributed by atoms with Crippen LogP contribution in [0, 0.1) is 20.8 Å². The lowest BCUT2D eigenvalue weighted by atomic mass is 10.2. The summed E-state index contributed by atoms with van der Waals surface area (Å²) in [6, 6.07) is 6.82. The molecular formula is C16H17N3O5S3. The number of rotatable bonds is 5. The van der Waals surface area contributed by atoms with Crippen molar-refractivity contribution >= 4 is 37.1 Å². The van der Waals surface area contributed by atoms with E-state index in [0.717, 1.165) is 4.88 Å². The molecule has 0 fully saturated rings. The summed E-state index contributed by atoms with van der Waals surface area (Å²) in [4.78, 5) is 1.39. The van der Waals surface area contributed by atoms with Gasteiger partial charge in [0.25, 0.3) is 10.0 Å². The van der Waals surface area contributed by atoms with Gasteiger partial charge in [-0.15, -0.1) is 11.3 Å². The molecule has 0 unspecified atom stereocenters. The van der Waals surface area contributed by atoms with E-state index in [1.807, 2.05) is 6.92 Å². The number of aryl methyl sites for hydroxylation is 3. The van der Waals surface area contributed by atoms with E-state index in [0.29, 0.717) is 21.9 Å². The Morgan fingerprint density at radius 1 is 1.04 bits per heavy atom. The van der Waals surface area contributed by atoms with Crippen molar-refractivity contribution in [3.05, 3.63) is 45.8 Å². The largest absolute Gasteiger partial charge is 0.356 e. The number of nitrogens with zero attached hydrogens (tertiary/aromatic N) is 1. The molecule has 3 N–H and O–H groups in total. The number of benzene rings is 1. The zero-order valence-electron chi connectivity index (χ0n) is 14.7. The number of hydrogen-bond acceptors (Lipinski definition) is 7. The second-order valence-corrected chi connectivity index (χ2v) is 10.5. The molecular weight excluding hydrogens is 410 g/mol. The third kappa shape index (κ3) is 3.90. The topological polar surface area (TPSA) is 132 Å². The molecule has 3 aromatic rings. The van der Waals surface area contributed by atoms with Gasteiger partial charge in [-0.25, -0.2) is 22.0 Å². The number of nitrogens with two attached hydrogens (primary N) is 1. The quantitative estimate of drug-likeness (QED) is 0.643. The van der Waals surface area contributed by atoms with Gasteiger partial charge < -0.3 is 4.52 Å². The standard InChI is InChI=1S/C16H17N3O5S3/c1-9-8-14(24-18-9)15-10(2)25-11(3)16(15)27(22,23)19-12-4-6-13(7-5-12)26(17,20)21/h4-8,19H,1-3H3,(H2,17,20,21). The molecule has 27 heavy (non-hydrogen) atoms. The summed E-state index contributed by atoms with van der Waals surface area (Å²) in [5, 5.41) is 8.88. The van der Waals surface area contributed by atoms with Gasteiger partial charge in [0.1, 0.15) is 4.90 Å². The molecule has 0 saturated carbocycles. The Labute approximate surface area is 161 Å². The van der Waals surface area contributed by atoms with Crippen molar-refractivity contribution in [2.45, 2.75) is 30.6 Å². The van der Waals surface area contributed by atoms with Crippen molar-refractivity contribution in [2.24, 2.45) is 5.14 Å². The lowest BCUT2D eigenvalue weighted by Gasteiger charge is -2.10. The van der Waals surface area contributed by atoms with Crippen LogP contribution >= 0.6 is 11.3 Å². The van der Waals surface area contributed by atoms with Crippen LogP contribution in [0.4, 0.5) is 5.69 Å². The molecule has 8 nitrogen and oxygen atoms in total. The first kappa shape index (κ1) is 19.5. The lowest BCUT2D eigenvalue weighted by molar-refractivity contribution is 0.426. The molecule has 3 rings (SSSR count). The number of thiophene rings is 1. The van der Waals surface area contributed by atoms with Gasteiger partial charge in [-0.05, 0) is 45.0 Å². The lowest BCUT2D eigenvalue weighted by Crippen LogP contribution is -2.15. The second kappa shape index (κ2) is 6.75. The summed E-state index contributed by atoms with van der Waals surface area (Å²) in [6.07, 6.45) is 0. The summed E-state index contributed by atoms with van der Waals surface area (Å²) in [5.41, 5.74) is 1.32. The Bertz CT molecular complexity index is 1210. The highest BCUT2D eigenvalue weighted by Crippen LogP contribution is 2.39. The van der Waals surface area contributed by atoms with Crippen LogP contribution in [0.5, 0.6) is 0 Å². The molecule has 0 spiro atoms. The smallest absolute Gasteiger partial charge is 0.263 e. The van der Waals surface area contributed by atoms with Crippen molar-refractivity contribution in [2.75, 3.05) is 4.72 Å². The van der Waals surface area contributed by atoms with Crippen LogP contribution in [-0.4, -0.2) is 22.0 Å². The van der Waals surface area contributed by atoms with Crippen molar-refractivity contribution in [1.82, 2.24) is 5.16 Å². The normalized spacial score (nSPS) is 12.3. The van der Waals surface area contributed by atoms with E-state index in [1.54, 1.807) is 19.9 Å².